The molecule has 1 unspecified atom stereocenters. The highest BCUT2D eigenvalue weighted by Crippen LogP contribution is 2.38. The van der Waals surface area contributed by atoms with Crippen LogP contribution in [0.2, 0.25) is 5.02 Å². The van der Waals surface area contributed by atoms with E-state index in [2.05, 4.69) is 38.1 Å². The molecule has 2 amide bonds. The van der Waals surface area contributed by atoms with Crippen LogP contribution in [0, 0.1) is 0 Å². The second kappa shape index (κ2) is 11.4. The second-order valence-corrected chi connectivity index (χ2v) is 11.0. The van der Waals surface area contributed by atoms with Crippen LogP contribution < -0.4 is 10.2 Å². The molecular weight excluding hydrogens is 566 g/mol. The highest BCUT2D eigenvalue weighted by molar-refractivity contribution is 9.10. The molecule has 1 saturated heterocycles. The van der Waals surface area contributed by atoms with Gasteiger partial charge in [0.15, 0.2) is 0 Å². The lowest BCUT2D eigenvalue weighted by atomic mass is 9.90. The van der Waals surface area contributed by atoms with Crippen LogP contribution in [0.5, 0.6) is 0 Å². The van der Waals surface area contributed by atoms with E-state index in [1.807, 2.05) is 54.6 Å². The maximum Gasteiger partial charge on any atom is 0.240 e. The normalized spacial score (nSPS) is 18.3. The Bertz CT molecular complexity index is 1390. The summed E-state index contributed by atoms with van der Waals surface area (Å²) >= 11 is 9.81. The smallest absolute Gasteiger partial charge is 0.240 e. The molecule has 38 heavy (non-hydrogen) atoms. The van der Waals surface area contributed by atoms with Gasteiger partial charge in [0.05, 0.1) is 23.6 Å². The lowest BCUT2D eigenvalue weighted by molar-refractivity contribution is -0.120. The summed E-state index contributed by atoms with van der Waals surface area (Å²) in [5.74, 6) is -0.680. The first kappa shape index (κ1) is 26.6. The van der Waals surface area contributed by atoms with Crippen molar-refractivity contribution in [3.8, 4) is 0 Å². The Labute approximate surface area is 236 Å². The molecule has 0 saturated carbocycles. The fourth-order valence-corrected chi connectivity index (χ4v) is 5.63. The first-order valence-electron chi connectivity index (χ1n) is 12.5. The number of likely N-dealkylation sites (N-methyl/N-ethyl adjacent to an activating group) is 2. The molecule has 3 aromatic carbocycles. The van der Waals surface area contributed by atoms with Gasteiger partial charge in [0.25, 0.3) is 0 Å². The Morgan fingerprint density at radius 3 is 2.53 bits per heavy atom. The van der Waals surface area contributed by atoms with E-state index in [1.54, 1.807) is 24.1 Å². The van der Waals surface area contributed by atoms with Crippen molar-refractivity contribution in [3.05, 3.63) is 87.4 Å². The van der Waals surface area contributed by atoms with E-state index in [1.165, 1.54) is 0 Å². The van der Waals surface area contributed by atoms with Crippen LogP contribution in [-0.4, -0.2) is 74.1 Å². The molecule has 0 spiro atoms. The van der Waals surface area contributed by atoms with Crippen molar-refractivity contribution in [1.29, 1.82) is 0 Å². The van der Waals surface area contributed by atoms with Crippen LogP contribution in [0.4, 0.5) is 17.1 Å². The molecule has 0 aromatic heterocycles. The average Bonchev–Trinajstić information content (AvgIpc) is 3.23. The van der Waals surface area contributed by atoms with Crippen LogP contribution in [0.15, 0.2) is 76.2 Å². The van der Waals surface area contributed by atoms with E-state index in [0.29, 0.717) is 28.7 Å². The van der Waals surface area contributed by atoms with Gasteiger partial charge >= 0.3 is 0 Å². The van der Waals surface area contributed by atoms with Gasteiger partial charge in [-0.25, -0.2) is 0 Å². The number of rotatable bonds is 6. The number of nitrogens with one attached hydrogen (secondary N) is 1. The van der Waals surface area contributed by atoms with E-state index < -0.39 is 5.92 Å². The monoisotopic (exact) mass is 593 g/mol. The van der Waals surface area contributed by atoms with Gasteiger partial charge in [0.1, 0.15) is 5.92 Å². The number of fused-ring (bicyclic) bond motifs is 1. The Morgan fingerprint density at radius 1 is 1.08 bits per heavy atom. The lowest BCUT2D eigenvalue weighted by Gasteiger charge is -2.33. The molecule has 7 nitrogen and oxygen atoms in total. The van der Waals surface area contributed by atoms with E-state index in [0.717, 1.165) is 47.5 Å². The summed E-state index contributed by atoms with van der Waals surface area (Å²) < 4.78 is 0.753. The van der Waals surface area contributed by atoms with Gasteiger partial charge in [-0.05, 0) is 64.4 Å². The molecule has 0 aliphatic carbocycles. The van der Waals surface area contributed by atoms with Crippen LogP contribution in [0.3, 0.4) is 0 Å². The summed E-state index contributed by atoms with van der Waals surface area (Å²) in [6.45, 7) is 4.09. The Balaban J connectivity index is 1.43. The van der Waals surface area contributed by atoms with Gasteiger partial charge in [0.2, 0.25) is 11.8 Å². The minimum atomic E-state index is -0.573. The fraction of sp³-hybridized carbons (Fsp3) is 0.276. The van der Waals surface area contributed by atoms with E-state index in [-0.39, 0.29) is 11.8 Å². The maximum absolute atomic E-state index is 13.1. The Kier molecular flexibility index (Phi) is 7.95. The van der Waals surface area contributed by atoms with Gasteiger partial charge in [-0.1, -0.05) is 48.0 Å². The van der Waals surface area contributed by atoms with Crippen molar-refractivity contribution in [2.75, 3.05) is 57.0 Å². The quantitative estimate of drug-likeness (QED) is 0.400. The topological polar surface area (TPSA) is 68.2 Å². The van der Waals surface area contributed by atoms with Crippen LogP contribution in [0.25, 0.3) is 0 Å². The second-order valence-electron chi connectivity index (χ2n) is 9.68. The number of carbonyl (C=O) groups excluding carboxylic acids is 2. The van der Waals surface area contributed by atoms with Crippen molar-refractivity contribution in [3.63, 3.8) is 0 Å². The number of hydrogen-bond acceptors (Lipinski definition) is 5. The predicted molar refractivity (Wildman–Crippen MR) is 157 cm³/mol. The Hall–Kier alpha value is -3.04. The van der Waals surface area contributed by atoms with Crippen molar-refractivity contribution >= 4 is 62.1 Å². The highest BCUT2D eigenvalue weighted by Gasteiger charge is 2.35. The van der Waals surface area contributed by atoms with Gasteiger partial charge in [-0.3, -0.25) is 19.5 Å². The molecule has 1 fully saturated rings. The highest BCUT2D eigenvalue weighted by atomic mass is 79.9. The SMILES string of the molecule is CN1CCN(CC(=O)N(C)c2ccc(N=C(c3ccccc3)C3C(=O)Nc4cc(Cl)ccc43)cc2Br)CC1. The number of carbonyl (C=O) groups is 2. The third-order valence-corrected chi connectivity index (χ3v) is 7.93. The van der Waals surface area contributed by atoms with Gasteiger partial charge in [0, 0.05) is 48.4 Å². The average molecular weight is 595 g/mol. The molecular formula is C29H29BrClN5O2. The van der Waals surface area contributed by atoms with Crippen LogP contribution >= 0.6 is 27.5 Å². The number of aliphatic imine (C=N–C) groups is 1. The van der Waals surface area contributed by atoms with Gasteiger partial charge in [-0.2, -0.15) is 0 Å². The van der Waals surface area contributed by atoms with Crippen molar-refractivity contribution in [2.45, 2.75) is 5.92 Å². The van der Waals surface area contributed by atoms with E-state index in [9.17, 15) is 9.59 Å². The maximum atomic E-state index is 13.1. The van der Waals surface area contributed by atoms with Gasteiger partial charge in [-0.15, -0.1) is 0 Å². The summed E-state index contributed by atoms with van der Waals surface area (Å²) in [6.07, 6.45) is 0. The summed E-state index contributed by atoms with van der Waals surface area (Å²) in [7, 11) is 3.89. The molecule has 0 bridgehead atoms. The number of amides is 2. The molecule has 9 heteroatoms. The molecule has 0 radical (unpaired) electrons. The zero-order valence-corrected chi connectivity index (χ0v) is 23.7. The molecule has 2 heterocycles. The van der Waals surface area contributed by atoms with E-state index >= 15 is 0 Å². The molecule has 1 N–H and O–H groups in total. The summed E-state index contributed by atoms with van der Waals surface area (Å²) in [5.41, 5.74) is 4.48. The minimum absolute atomic E-state index is 0.0365. The number of hydrogen-bond donors (Lipinski definition) is 1. The number of benzene rings is 3. The zero-order valence-electron chi connectivity index (χ0n) is 21.3. The number of anilines is 2. The largest absolute Gasteiger partial charge is 0.325 e. The fourth-order valence-electron chi connectivity index (χ4n) is 4.82. The zero-order chi connectivity index (χ0) is 26.8. The number of piperazine rings is 1. The van der Waals surface area contributed by atoms with Crippen molar-refractivity contribution < 1.29 is 9.59 Å². The molecule has 2 aliphatic rings. The molecule has 1 atom stereocenters. The standard InChI is InChI=1S/C29H29BrClN5O2/c1-34-12-14-36(15-13-34)18-26(37)35(2)25-11-9-21(17-23(25)30)32-28(19-6-4-3-5-7-19)27-22-10-8-20(31)16-24(22)33-29(27)38/h3-11,16-17,27H,12-15,18H2,1-2H3,(H,33,38). The molecule has 196 valence electrons. The van der Waals surface area contributed by atoms with Crippen LogP contribution in [-0.2, 0) is 9.59 Å². The third-order valence-electron chi connectivity index (χ3n) is 7.06. The van der Waals surface area contributed by atoms with Crippen molar-refractivity contribution in [2.24, 2.45) is 4.99 Å². The minimum Gasteiger partial charge on any atom is -0.325 e. The Morgan fingerprint density at radius 2 is 1.82 bits per heavy atom. The first-order chi connectivity index (χ1) is 18.3. The molecule has 5 rings (SSSR count). The third kappa shape index (κ3) is 5.68. The summed E-state index contributed by atoms with van der Waals surface area (Å²) in [5, 5.41) is 3.51. The van der Waals surface area contributed by atoms with Gasteiger partial charge < -0.3 is 15.1 Å². The predicted octanol–water partition coefficient (Wildman–Crippen LogP) is 5.17. The molecule has 2 aliphatic heterocycles. The first-order valence-corrected chi connectivity index (χ1v) is 13.7. The van der Waals surface area contributed by atoms with Crippen LogP contribution in [0.1, 0.15) is 17.0 Å². The summed E-state index contributed by atoms with van der Waals surface area (Å²) in [4.78, 5) is 37.2. The number of nitrogens with zero attached hydrogens (tertiary/aromatic N) is 4. The number of halogens is 2. The summed E-state index contributed by atoms with van der Waals surface area (Å²) in [6, 6.07) is 20.8. The lowest BCUT2D eigenvalue weighted by Crippen LogP contribution is -2.48. The molecule has 3 aromatic rings. The van der Waals surface area contributed by atoms with E-state index in [4.69, 9.17) is 16.6 Å². The van der Waals surface area contributed by atoms with Crippen molar-refractivity contribution in [1.82, 2.24) is 9.80 Å².